The first-order valence-corrected chi connectivity index (χ1v) is 13.0. The summed E-state index contributed by atoms with van der Waals surface area (Å²) in [7, 11) is -3.27. The Morgan fingerprint density at radius 2 is 1.71 bits per heavy atom. The number of benzene rings is 2. The van der Waals surface area contributed by atoms with Crippen LogP contribution in [0.2, 0.25) is 0 Å². The maximum absolute atomic E-state index is 12.7. The molecular formula is C25H31NO4S. The topological polar surface area (TPSA) is 72.5 Å². The summed E-state index contributed by atoms with van der Waals surface area (Å²) >= 11 is 0. The predicted octanol–water partition coefficient (Wildman–Crippen LogP) is 5.25. The fraction of sp³-hybridized carbons (Fsp3) is 0.480. The van der Waals surface area contributed by atoms with Gasteiger partial charge < -0.3 is 10.1 Å². The van der Waals surface area contributed by atoms with E-state index >= 15 is 0 Å². The first-order valence-electron chi connectivity index (χ1n) is 11.4. The summed E-state index contributed by atoms with van der Waals surface area (Å²) in [6, 6.07) is 13.2. The van der Waals surface area contributed by atoms with Crippen LogP contribution in [0.4, 0.5) is 5.69 Å². The molecule has 2 aromatic rings. The molecule has 1 N–H and O–H groups in total. The Balaban J connectivity index is 1.23. The number of rotatable bonds is 8. The molecule has 0 atom stereocenters. The van der Waals surface area contributed by atoms with Crippen molar-refractivity contribution in [3.63, 3.8) is 0 Å². The molecule has 2 aliphatic rings. The van der Waals surface area contributed by atoms with Crippen molar-refractivity contribution in [3.05, 3.63) is 53.6 Å². The second kappa shape index (κ2) is 9.86. The van der Waals surface area contributed by atoms with Crippen molar-refractivity contribution in [3.8, 4) is 5.75 Å². The fourth-order valence-electron chi connectivity index (χ4n) is 4.53. The van der Waals surface area contributed by atoms with Crippen LogP contribution in [0.5, 0.6) is 5.75 Å². The molecule has 31 heavy (non-hydrogen) atoms. The highest BCUT2D eigenvalue weighted by Crippen LogP contribution is 2.33. The van der Waals surface area contributed by atoms with Crippen LogP contribution in [0.1, 0.15) is 68.4 Å². The number of fused-ring (bicyclic) bond motifs is 1. The molecule has 0 unspecified atom stereocenters. The van der Waals surface area contributed by atoms with Gasteiger partial charge in [-0.2, -0.15) is 0 Å². The molecule has 4 rings (SSSR count). The molecule has 0 spiro atoms. The van der Waals surface area contributed by atoms with Crippen LogP contribution in [0.3, 0.4) is 0 Å². The zero-order valence-electron chi connectivity index (χ0n) is 17.9. The summed E-state index contributed by atoms with van der Waals surface area (Å²) in [5.74, 6) is 1.53. The summed E-state index contributed by atoms with van der Waals surface area (Å²) in [6.07, 6.45) is 8.74. The molecule has 0 bridgehead atoms. The lowest BCUT2D eigenvalue weighted by molar-refractivity contribution is -0.116. The third kappa shape index (κ3) is 5.67. The van der Waals surface area contributed by atoms with Gasteiger partial charge in [0.25, 0.3) is 0 Å². The van der Waals surface area contributed by atoms with Crippen molar-refractivity contribution in [1.29, 1.82) is 0 Å². The Bertz CT molecular complexity index is 1010. The molecule has 0 aromatic heterocycles. The van der Waals surface area contributed by atoms with E-state index in [1.807, 2.05) is 30.3 Å². The van der Waals surface area contributed by atoms with Gasteiger partial charge >= 0.3 is 0 Å². The van der Waals surface area contributed by atoms with Gasteiger partial charge in [-0.3, -0.25) is 4.79 Å². The average Bonchev–Trinajstić information content (AvgIpc) is 2.79. The maximum Gasteiger partial charge on any atom is 0.224 e. The molecule has 0 saturated heterocycles. The number of unbranched alkanes of at least 4 members (excludes halogenated alkanes) is 1. The van der Waals surface area contributed by atoms with Crippen LogP contribution >= 0.6 is 0 Å². The van der Waals surface area contributed by atoms with Crippen LogP contribution in [0, 0.1) is 0 Å². The van der Waals surface area contributed by atoms with Gasteiger partial charge in [-0.15, -0.1) is 0 Å². The van der Waals surface area contributed by atoms with E-state index in [0.29, 0.717) is 36.7 Å². The minimum absolute atomic E-state index is 0.0472. The lowest BCUT2D eigenvalue weighted by Crippen LogP contribution is -2.18. The molecule has 5 nitrogen and oxygen atoms in total. The maximum atomic E-state index is 12.7. The first kappa shape index (κ1) is 21.9. The van der Waals surface area contributed by atoms with Gasteiger partial charge in [0.2, 0.25) is 5.91 Å². The zero-order chi connectivity index (χ0) is 21.7. The zero-order valence-corrected chi connectivity index (χ0v) is 18.8. The molecule has 6 heteroatoms. The Kier molecular flexibility index (Phi) is 6.96. The lowest BCUT2D eigenvalue weighted by Gasteiger charge is -2.22. The Hall–Kier alpha value is -2.34. The highest BCUT2D eigenvalue weighted by atomic mass is 32.2. The molecule has 1 aliphatic carbocycles. The van der Waals surface area contributed by atoms with Crippen LogP contribution in [0.15, 0.2) is 47.4 Å². The minimum atomic E-state index is -3.27. The van der Waals surface area contributed by atoms with Crippen LogP contribution in [-0.2, 0) is 21.1 Å². The summed E-state index contributed by atoms with van der Waals surface area (Å²) in [6.45, 7) is 0.473. The third-order valence-electron chi connectivity index (χ3n) is 6.36. The molecule has 0 radical (unpaired) electrons. The molecular weight excluding hydrogens is 410 g/mol. The molecule has 2 aromatic carbocycles. The fourth-order valence-corrected chi connectivity index (χ4v) is 5.91. The molecule has 1 amide bonds. The Labute approximate surface area is 185 Å². The van der Waals surface area contributed by atoms with Gasteiger partial charge in [0.05, 0.1) is 17.3 Å². The van der Waals surface area contributed by atoms with E-state index in [-0.39, 0.29) is 11.7 Å². The van der Waals surface area contributed by atoms with E-state index in [9.17, 15) is 13.2 Å². The van der Waals surface area contributed by atoms with Crippen molar-refractivity contribution in [2.24, 2.45) is 0 Å². The van der Waals surface area contributed by atoms with Gasteiger partial charge in [0.1, 0.15) is 5.75 Å². The molecule has 1 saturated carbocycles. The number of hydrogen-bond acceptors (Lipinski definition) is 4. The quantitative estimate of drug-likeness (QED) is 0.568. The van der Waals surface area contributed by atoms with E-state index < -0.39 is 9.84 Å². The monoisotopic (exact) mass is 441 g/mol. The second-order valence-electron chi connectivity index (χ2n) is 8.65. The van der Waals surface area contributed by atoms with Gasteiger partial charge in [-0.1, -0.05) is 31.4 Å². The number of carbonyl (C=O) groups excluding carboxylic acids is 1. The SMILES string of the molecule is O=C1CCc2cc(OCCCCS(=O)(=O)c3ccc(C4CCCCC4)cc3)ccc2N1. The number of aryl methyl sites for hydroxylation is 1. The first-order chi connectivity index (χ1) is 15.0. The Morgan fingerprint density at radius 3 is 2.48 bits per heavy atom. The number of ether oxygens (including phenoxy) is 1. The van der Waals surface area contributed by atoms with Crippen molar-refractivity contribution in [2.75, 3.05) is 17.7 Å². The minimum Gasteiger partial charge on any atom is -0.494 e. The van der Waals surface area contributed by atoms with E-state index in [1.165, 1.54) is 37.7 Å². The number of amides is 1. The molecule has 166 valence electrons. The van der Waals surface area contributed by atoms with Gasteiger partial charge in [-0.25, -0.2) is 8.42 Å². The standard InChI is InChI=1S/C25H31NO4S/c27-25-15-10-21-18-22(11-14-24(21)26-25)30-16-4-5-17-31(28,29)23-12-8-20(9-13-23)19-6-2-1-3-7-19/h8-9,11-14,18-19H,1-7,10,15-17H2,(H,26,27). The van der Waals surface area contributed by atoms with Crippen LogP contribution < -0.4 is 10.1 Å². The van der Waals surface area contributed by atoms with Gasteiger partial charge in [0, 0.05) is 12.1 Å². The highest BCUT2D eigenvalue weighted by molar-refractivity contribution is 7.91. The highest BCUT2D eigenvalue weighted by Gasteiger charge is 2.18. The van der Waals surface area contributed by atoms with Crippen molar-refractivity contribution in [2.45, 2.75) is 68.6 Å². The van der Waals surface area contributed by atoms with Crippen LogP contribution in [0.25, 0.3) is 0 Å². The molecule has 1 fully saturated rings. The largest absolute Gasteiger partial charge is 0.494 e. The second-order valence-corrected chi connectivity index (χ2v) is 10.8. The number of hydrogen-bond donors (Lipinski definition) is 1. The molecule has 1 heterocycles. The van der Waals surface area contributed by atoms with Gasteiger partial charge in [-0.05, 0) is 79.5 Å². The summed E-state index contributed by atoms with van der Waals surface area (Å²) < 4.78 is 31.1. The van der Waals surface area contributed by atoms with E-state index in [2.05, 4.69) is 5.32 Å². The Morgan fingerprint density at radius 1 is 0.935 bits per heavy atom. The predicted molar refractivity (Wildman–Crippen MR) is 122 cm³/mol. The average molecular weight is 442 g/mol. The van der Waals surface area contributed by atoms with Crippen LogP contribution in [-0.4, -0.2) is 26.7 Å². The normalized spacial score (nSPS) is 17.1. The third-order valence-corrected chi connectivity index (χ3v) is 8.18. The van der Waals surface area contributed by atoms with Crippen molar-refractivity contribution >= 4 is 21.4 Å². The lowest BCUT2D eigenvalue weighted by atomic mass is 9.84. The summed E-state index contributed by atoms with van der Waals surface area (Å²) in [5.41, 5.74) is 3.21. The van der Waals surface area contributed by atoms with Crippen molar-refractivity contribution < 1.29 is 17.9 Å². The summed E-state index contributed by atoms with van der Waals surface area (Å²) in [4.78, 5) is 11.9. The number of sulfone groups is 1. The number of nitrogens with one attached hydrogen (secondary N) is 1. The van der Waals surface area contributed by atoms with Gasteiger partial charge in [0.15, 0.2) is 9.84 Å². The smallest absolute Gasteiger partial charge is 0.224 e. The van der Waals surface area contributed by atoms with E-state index in [4.69, 9.17) is 4.74 Å². The van der Waals surface area contributed by atoms with E-state index in [0.717, 1.165) is 23.4 Å². The number of anilines is 1. The molecule has 1 aliphatic heterocycles. The van der Waals surface area contributed by atoms with Crippen molar-refractivity contribution in [1.82, 2.24) is 0 Å². The van der Waals surface area contributed by atoms with E-state index in [1.54, 1.807) is 12.1 Å². The number of carbonyl (C=O) groups is 1. The summed E-state index contributed by atoms with van der Waals surface area (Å²) in [5, 5.41) is 2.86.